The number of nitrogens with one attached hydrogen (secondary N) is 1. The molecule has 0 radical (unpaired) electrons. The number of fused-ring (bicyclic) bond motifs is 1. The average molecular weight is 424 g/mol. The van der Waals surface area contributed by atoms with E-state index in [2.05, 4.69) is 5.32 Å². The minimum Gasteiger partial charge on any atom is -0.478 e. The SMILES string of the molecule is Cc1cc([C@@H](C)Nc2ccccc2C(=O)O)c2nc(N3CCC3CF)c(C)c(=O)n2c1. The number of aryl methyl sites for hydroxylation is 1. The number of halogens is 1. The molecule has 0 aliphatic carbocycles. The van der Waals surface area contributed by atoms with Gasteiger partial charge in [0.1, 0.15) is 18.1 Å². The Morgan fingerprint density at radius 2 is 2.10 bits per heavy atom. The molecule has 31 heavy (non-hydrogen) atoms. The molecule has 2 atom stereocenters. The first kappa shape index (κ1) is 20.8. The summed E-state index contributed by atoms with van der Waals surface area (Å²) in [5, 5.41) is 12.7. The van der Waals surface area contributed by atoms with Crippen LogP contribution in [0.2, 0.25) is 0 Å². The highest BCUT2D eigenvalue weighted by Gasteiger charge is 2.31. The predicted octanol–water partition coefficient (Wildman–Crippen LogP) is 3.73. The third-order valence-corrected chi connectivity index (χ3v) is 5.88. The molecule has 8 heteroatoms. The largest absolute Gasteiger partial charge is 0.478 e. The van der Waals surface area contributed by atoms with Crippen molar-refractivity contribution < 1.29 is 14.3 Å². The maximum atomic E-state index is 13.3. The molecule has 7 nitrogen and oxygen atoms in total. The second-order valence-corrected chi connectivity index (χ2v) is 8.04. The van der Waals surface area contributed by atoms with Crippen molar-refractivity contribution in [1.29, 1.82) is 0 Å². The molecule has 162 valence electrons. The number of carboxylic acids is 1. The Morgan fingerprint density at radius 1 is 1.35 bits per heavy atom. The summed E-state index contributed by atoms with van der Waals surface area (Å²) in [6.07, 6.45) is 2.48. The highest BCUT2D eigenvalue weighted by atomic mass is 19.1. The van der Waals surface area contributed by atoms with Crippen molar-refractivity contribution in [3.05, 3.63) is 69.1 Å². The number of carbonyl (C=O) groups is 1. The number of hydrogen-bond donors (Lipinski definition) is 2. The third-order valence-electron chi connectivity index (χ3n) is 5.88. The van der Waals surface area contributed by atoms with Crippen LogP contribution in [0.1, 0.15) is 46.4 Å². The molecule has 1 aromatic carbocycles. The van der Waals surface area contributed by atoms with Gasteiger partial charge in [-0.2, -0.15) is 0 Å². The Labute approximate surface area is 179 Å². The Balaban J connectivity index is 1.83. The molecule has 2 N–H and O–H groups in total. The summed E-state index contributed by atoms with van der Waals surface area (Å²) in [5.41, 5.74) is 3.07. The molecule has 4 rings (SSSR count). The molecule has 3 aromatic rings. The smallest absolute Gasteiger partial charge is 0.337 e. The normalized spacial score (nSPS) is 16.8. The molecule has 1 saturated heterocycles. The second kappa shape index (κ2) is 8.02. The van der Waals surface area contributed by atoms with Crippen LogP contribution in [0, 0.1) is 13.8 Å². The first-order valence-electron chi connectivity index (χ1n) is 10.3. The average Bonchev–Trinajstić information content (AvgIpc) is 2.71. The number of pyridine rings is 1. The highest BCUT2D eigenvalue weighted by Crippen LogP contribution is 2.30. The first-order chi connectivity index (χ1) is 14.8. The van der Waals surface area contributed by atoms with Gasteiger partial charge in [0.2, 0.25) is 0 Å². The Morgan fingerprint density at radius 3 is 2.74 bits per heavy atom. The van der Waals surface area contributed by atoms with Gasteiger partial charge in [-0.25, -0.2) is 14.2 Å². The molecule has 0 amide bonds. The van der Waals surface area contributed by atoms with Crippen LogP contribution in [0.15, 0.2) is 41.3 Å². The standard InChI is InChI=1S/C23H25FN4O3/c1-13-10-18(15(3)25-19-7-5-4-6-17(19)23(30)31)21-26-20(27-9-8-16(27)11-24)14(2)22(29)28(21)12-13/h4-7,10,12,15-16,25H,8-9,11H2,1-3H3,(H,30,31)/t15-,16?/m1/s1. The molecule has 0 saturated carbocycles. The number of hydrogen-bond acceptors (Lipinski definition) is 5. The quantitative estimate of drug-likeness (QED) is 0.627. The van der Waals surface area contributed by atoms with E-state index in [4.69, 9.17) is 4.98 Å². The maximum Gasteiger partial charge on any atom is 0.337 e. The van der Waals surface area contributed by atoms with E-state index < -0.39 is 12.6 Å². The summed E-state index contributed by atoms with van der Waals surface area (Å²) >= 11 is 0. The lowest BCUT2D eigenvalue weighted by Gasteiger charge is -2.41. The van der Waals surface area contributed by atoms with Gasteiger partial charge in [0.05, 0.1) is 23.2 Å². The van der Waals surface area contributed by atoms with Crippen molar-refractivity contribution in [2.24, 2.45) is 0 Å². The van der Waals surface area contributed by atoms with Crippen molar-refractivity contribution in [2.45, 2.75) is 39.3 Å². The fourth-order valence-corrected chi connectivity index (χ4v) is 4.07. The van der Waals surface area contributed by atoms with Gasteiger partial charge in [0.25, 0.3) is 5.56 Å². The number of para-hydroxylation sites is 1. The molecule has 1 fully saturated rings. The minimum atomic E-state index is -1.02. The Hall–Kier alpha value is -3.42. The van der Waals surface area contributed by atoms with E-state index in [-0.39, 0.29) is 23.2 Å². The lowest BCUT2D eigenvalue weighted by Crippen LogP contribution is -2.50. The van der Waals surface area contributed by atoms with E-state index in [1.807, 2.05) is 24.8 Å². The lowest BCUT2D eigenvalue weighted by molar-refractivity contribution is 0.0698. The Bertz CT molecular complexity index is 1220. The van der Waals surface area contributed by atoms with Crippen molar-refractivity contribution in [2.75, 3.05) is 23.4 Å². The molecular formula is C23H25FN4O3. The van der Waals surface area contributed by atoms with Gasteiger partial charge in [-0.15, -0.1) is 0 Å². The topological polar surface area (TPSA) is 86.9 Å². The van der Waals surface area contributed by atoms with Crippen LogP contribution >= 0.6 is 0 Å². The molecule has 1 aliphatic rings. The molecule has 0 spiro atoms. The number of alkyl halides is 1. The van der Waals surface area contributed by atoms with E-state index in [0.29, 0.717) is 29.3 Å². The van der Waals surface area contributed by atoms with E-state index in [1.165, 1.54) is 10.5 Å². The van der Waals surface area contributed by atoms with Gasteiger partial charge in [0, 0.05) is 24.0 Å². The van der Waals surface area contributed by atoms with Crippen LogP contribution in [0.25, 0.3) is 5.65 Å². The summed E-state index contributed by atoms with van der Waals surface area (Å²) in [6, 6.07) is 8.04. The van der Waals surface area contributed by atoms with Crippen molar-refractivity contribution >= 4 is 23.1 Å². The summed E-state index contributed by atoms with van der Waals surface area (Å²) in [6.45, 7) is 5.69. The summed E-state index contributed by atoms with van der Waals surface area (Å²) in [5.74, 6) is -0.506. The molecular weight excluding hydrogens is 399 g/mol. The molecule has 1 aliphatic heterocycles. The van der Waals surface area contributed by atoms with Gasteiger partial charge in [-0.1, -0.05) is 12.1 Å². The van der Waals surface area contributed by atoms with Gasteiger partial charge >= 0.3 is 5.97 Å². The zero-order chi connectivity index (χ0) is 22.3. The number of carboxylic acid groups (broad SMARTS) is 1. The number of benzene rings is 1. The van der Waals surface area contributed by atoms with Crippen molar-refractivity contribution in [3.63, 3.8) is 0 Å². The number of nitrogens with zero attached hydrogens (tertiary/aromatic N) is 3. The third kappa shape index (κ3) is 3.62. The van der Waals surface area contributed by atoms with Crippen molar-refractivity contribution in [3.8, 4) is 0 Å². The first-order valence-corrected chi connectivity index (χ1v) is 10.3. The van der Waals surface area contributed by atoms with Gasteiger partial charge < -0.3 is 15.3 Å². The fraction of sp³-hybridized carbons (Fsp3) is 0.348. The molecule has 3 heterocycles. The van der Waals surface area contributed by atoms with E-state index in [0.717, 1.165) is 17.5 Å². The van der Waals surface area contributed by atoms with Crippen LogP contribution < -0.4 is 15.8 Å². The summed E-state index contributed by atoms with van der Waals surface area (Å²) < 4.78 is 14.8. The fourth-order valence-electron chi connectivity index (χ4n) is 4.07. The van der Waals surface area contributed by atoms with Gasteiger partial charge in [-0.05, 0) is 51.0 Å². The van der Waals surface area contributed by atoms with Gasteiger partial charge in [0.15, 0.2) is 0 Å². The maximum absolute atomic E-state index is 13.3. The van der Waals surface area contributed by atoms with Crippen LogP contribution in [0.3, 0.4) is 0 Å². The number of anilines is 2. The molecule has 1 unspecified atom stereocenters. The zero-order valence-electron chi connectivity index (χ0n) is 17.7. The number of aromatic carboxylic acids is 1. The van der Waals surface area contributed by atoms with E-state index in [9.17, 15) is 19.1 Å². The summed E-state index contributed by atoms with van der Waals surface area (Å²) in [7, 11) is 0. The van der Waals surface area contributed by atoms with E-state index >= 15 is 0 Å². The van der Waals surface area contributed by atoms with Crippen molar-refractivity contribution in [1.82, 2.24) is 9.38 Å². The molecule has 0 bridgehead atoms. The second-order valence-electron chi connectivity index (χ2n) is 8.04. The number of rotatable bonds is 6. The van der Waals surface area contributed by atoms with Crippen LogP contribution in [-0.2, 0) is 0 Å². The van der Waals surface area contributed by atoms with E-state index in [1.54, 1.807) is 31.3 Å². The molecule has 2 aromatic heterocycles. The van der Waals surface area contributed by atoms with Crippen LogP contribution in [-0.4, -0.2) is 39.7 Å². The van der Waals surface area contributed by atoms with Crippen LogP contribution in [0.4, 0.5) is 15.9 Å². The minimum absolute atomic E-state index is 0.166. The Kier molecular flexibility index (Phi) is 5.39. The summed E-state index contributed by atoms with van der Waals surface area (Å²) in [4.78, 5) is 31.3. The zero-order valence-corrected chi connectivity index (χ0v) is 17.7. The van der Waals surface area contributed by atoms with Gasteiger partial charge in [-0.3, -0.25) is 9.20 Å². The highest BCUT2D eigenvalue weighted by molar-refractivity contribution is 5.94. The monoisotopic (exact) mass is 424 g/mol. The lowest BCUT2D eigenvalue weighted by atomic mass is 10.0. The number of aromatic nitrogens is 2. The predicted molar refractivity (Wildman–Crippen MR) is 118 cm³/mol. The van der Waals surface area contributed by atoms with Crippen LogP contribution in [0.5, 0.6) is 0 Å².